The normalized spacial score (nSPS) is 11.4. The maximum atomic E-state index is 4.47. The van der Waals surface area contributed by atoms with Crippen molar-refractivity contribution in [2.75, 3.05) is 0 Å². The van der Waals surface area contributed by atoms with Crippen molar-refractivity contribution < 1.29 is 0 Å². The lowest BCUT2D eigenvalue weighted by molar-refractivity contribution is 0.792. The first-order chi connectivity index (χ1) is 10.7. The lowest BCUT2D eigenvalue weighted by Crippen LogP contribution is -1.95. The number of nitrogens with zero attached hydrogens (tertiary/aromatic N) is 5. The zero-order valence-corrected chi connectivity index (χ0v) is 13.0. The van der Waals surface area contributed by atoms with Gasteiger partial charge in [-0.3, -0.25) is 4.98 Å². The number of rotatable bonds is 2. The van der Waals surface area contributed by atoms with E-state index in [0.29, 0.717) is 0 Å². The summed E-state index contributed by atoms with van der Waals surface area (Å²) in [5.74, 6) is 0. The molecule has 5 nitrogen and oxygen atoms in total. The van der Waals surface area contributed by atoms with Crippen molar-refractivity contribution in [3.8, 4) is 0 Å². The topological polar surface area (TPSA) is 56.0 Å². The number of hydrogen-bond acceptors (Lipinski definition) is 5. The summed E-state index contributed by atoms with van der Waals surface area (Å²) in [5.41, 5.74) is 3.84. The smallest absolute Gasteiger partial charge is 0.217 e. The van der Waals surface area contributed by atoms with Crippen LogP contribution in [0.5, 0.6) is 0 Å². The van der Waals surface area contributed by atoms with Gasteiger partial charge in [0, 0.05) is 16.5 Å². The number of pyridine rings is 1. The standard InChI is InChI=1S/C16H13N5S/c1-10-7-12-8-13(4-5-14(12)17-9-10)22-16-19-18-15-6-3-11(2)20-21(15)16/h3-9H,1-2H3. The SMILES string of the molecule is Cc1cnc2ccc(Sc3nnc4ccc(C)nn34)cc2c1. The Kier molecular flexibility index (Phi) is 3.04. The predicted octanol–water partition coefficient (Wildman–Crippen LogP) is 3.44. The zero-order chi connectivity index (χ0) is 15.1. The van der Waals surface area contributed by atoms with Gasteiger partial charge in [-0.15, -0.1) is 10.2 Å². The summed E-state index contributed by atoms with van der Waals surface area (Å²) in [6.07, 6.45) is 1.88. The van der Waals surface area contributed by atoms with Gasteiger partial charge < -0.3 is 0 Å². The molecule has 4 rings (SSSR count). The highest BCUT2D eigenvalue weighted by molar-refractivity contribution is 7.99. The molecule has 0 saturated carbocycles. The third-order valence-electron chi connectivity index (χ3n) is 3.37. The van der Waals surface area contributed by atoms with Crippen LogP contribution in [0.1, 0.15) is 11.3 Å². The van der Waals surface area contributed by atoms with Gasteiger partial charge in [0.15, 0.2) is 5.65 Å². The average Bonchev–Trinajstić information content (AvgIpc) is 2.89. The third-order valence-corrected chi connectivity index (χ3v) is 4.29. The second kappa shape index (κ2) is 5.06. The van der Waals surface area contributed by atoms with Crippen LogP contribution in [0, 0.1) is 13.8 Å². The number of hydrogen-bond donors (Lipinski definition) is 0. The number of aryl methyl sites for hydroxylation is 2. The average molecular weight is 307 g/mol. The molecule has 3 aromatic heterocycles. The second-order valence-electron chi connectivity index (χ2n) is 5.20. The summed E-state index contributed by atoms with van der Waals surface area (Å²) in [7, 11) is 0. The number of aromatic nitrogens is 5. The Morgan fingerprint density at radius 3 is 2.82 bits per heavy atom. The Hall–Kier alpha value is -2.47. The van der Waals surface area contributed by atoms with E-state index < -0.39 is 0 Å². The molecular formula is C16H13N5S. The first-order valence-electron chi connectivity index (χ1n) is 6.92. The number of benzene rings is 1. The minimum absolute atomic E-state index is 0.756. The highest BCUT2D eigenvalue weighted by atomic mass is 32.2. The van der Waals surface area contributed by atoms with Crippen molar-refractivity contribution in [2.45, 2.75) is 23.9 Å². The third kappa shape index (κ3) is 2.31. The molecule has 6 heteroatoms. The van der Waals surface area contributed by atoms with Crippen LogP contribution >= 0.6 is 11.8 Å². The molecular weight excluding hydrogens is 294 g/mol. The van der Waals surface area contributed by atoms with Gasteiger partial charge in [0.05, 0.1) is 11.2 Å². The van der Waals surface area contributed by atoms with Gasteiger partial charge in [0.2, 0.25) is 5.16 Å². The summed E-state index contributed by atoms with van der Waals surface area (Å²) < 4.78 is 1.78. The molecule has 0 radical (unpaired) electrons. The summed E-state index contributed by atoms with van der Waals surface area (Å²) in [4.78, 5) is 5.52. The zero-order valence-electron chi connectivity index (χ0n) is 12.2. The molecule has 3 heterocycles. The van der Waals surface area contributed by atoms with Crippen LogP contribution in [-0.2, 0) is 0 Å². The molecule has 1 aromatic carbocycles. The second-order valence-corrected chi connectivity index (χ2v) is 6.24. The fourth-order valence-corrected chi connectivity index (χ4v) is 3.15. The summed E-state index contributed by atoms with van der Waals surface area (Å²) in [6.45, 7) is 4.00. The maximum absolute atomic E-state index is 4.47. The molecule has 0 N–H and O–H groups in total. The summed E-state index contributed by atoms with van der Waals surface area (Å²) >= 11 is 1.55. The molecule has 0 saturated heterocycles. The maximum Gasteiger partial charge on any atom is 0.217 e. The molecule has 0 fully saturated rings. The molecule has 4 aromatic rings. The fourth-order valence-electron chi connectivity index (χ4n) is 2.31. The van der Waals surface area contributed by atoms with Crippen LogP contribution in [0.3, 0.4) is 0 Å². The van der Waals surface area contributed by atoms with Gasteiger partial charge in [-0.05, 0) is 67.6 Å². The van der Waals surface area contributed by atoms with Gasteiger partial charge in [-0.25, -0.2) is 0 Å². The quantitative estimate of drug-likeness (QED) is 0.568. The van der Waals surface area contributed by atoms with Gasteiger partial charge >= 0.3 is 0 Å². The largest absolute Gasteiger partial charge is 0.256 e. The van der Waals surface area contributed by atoms with Crippen molar-refractivity contribution in [1.29, 1.82) is 0 Å². The molecule has 0 unspecified atom stereocenters. The highest BCUT2D eigenvalue weighted by Gasteiger charge is 2.09. The number of fused-ring (bicyclic) bond motifs is 2. The Labute approximate surface area is 131 Å². The highest BCUT2D eigenvalue weighted by Crippen LogP contribution is 2.28. The van der Waals surface area contributed by atoms with Gasteiger partial charge in [0.25, 0.3) is 0 Å². The van der Waals surface area contributed by atoms with Crippen LogP contribution in [0.25, 0.3) is 16.6 Å². The molecule has 0 amide bonds. The molecule has 0 aliphatic carbocycles. The predicted molar refractivity (Wildman–Crippen MR) is 86.1 cm³/mol. The first kappa shape index (κ1) is 13.2. The van der Waals surface area contributed by atoms with Gasteiger partial charge in [-0.1, -0.05) is 0 Å². The molecule has 0 spiro atoms. The van der Waals surface area contributed by atoms with E-state index in [2.05, 4.69) is 32.4 Å². The molecule has 108 valence electrons. The van der Waals surface area contributed by atoms with E-state index in [1.807, 2.05) is 44.3 Å². The summed E-state index contributed by atoms with van der Waals surface area (Å²) in [6, 6.07) is 12.2. The van der Waals surface area contributed by atoms with E-state index in [-0.39, 0.29) is 0 Å². The molecule has 22 heavy (non-hydrogen) atoms. The minimum Gasteiger partial charge on any atom is -0.256 e. The van der Waals surface area contributed by atoms with Crippen molar-refractivity contribution in [3.05, 3.63) is 53.9 Å². The van der Waals surface area contributed by atoms with Crippen LogP contribution < -0.4 is 0 Å². The Balaban J connectivity index is 1.77. The molecule has 0 bridgehead atoms. The van der Waals surface area contributed by atoms with Gasteiger partial charge in [0.1, 0.15) is 0 Å². The Morgan fingerprint density at radius 1 is 1.00 bits per heavy atom. The van der Waals surface area contributed by atoms with E-state index in [4.69, 9.17) is 0 Å². The Morgan fingerprint density at radius 2 is 1.91 bits per heavy atom. The summed E-state index contributed by atoms with van der Waals surface area (Å²) in [5, 5.41) is 14.7. The first-order valence-corrected chi connectivity index (χ1v) is 7.74. The molecule has 0 aliphatic rings. The Bertz CT molecular complexity index is 992. The van der Waals surface area contributed by atoms with E-state index in [0.717, 1.165) is 37.9 Å². The van der Waals surface area contributed by atoms with Crippen LogP contribution in [0.15, 0.2) is 52.6 Å². The van der Waals surface area contributed by atoms with Crippen LogP contribution in [0.2, 0.25) is 0 Å². The van der Waals surface area contributed by atoms with Crippen molar-refractivity contribution in [2.24, 2.45) is 0 Å². The van der Waals surface area contributed by atoms with E-state index in [1.165, 1.54) is 0 Å². The van der Waals surface area contributed by atoms with Crippen molar-refractivity contribution in [1.82, 2.24) is 24.8 Å². The monoisotopic (exact) mass is 307 g/mol. The van der Waals surface area contributed by atoms with Crippen molar-refractivity contribution in [3.63, 3.8) is 0 Å². The van der Waals surface area contributed by atoms with E-state index in [1.54, 1.807) is 16.3 Å². The van der Waals surface area contributed by atoms with E-state index >= 15 is 0 Å². The fraction of sp³-hybridized carbons (Fsp3) is 0.125. The van der Waals surface area contributed by atoms with Crippen LogP contribution in [-0.4, -0.2) is 24.8 Å². The van der Waals surface area contributed by atoms with E-state index in [9.17, 15) is 0 Å². The van der Waals surface area contributed by atoms with Gasteiger partial charge in [-0.2, -0.15) is 9.61 Å². The molecule has 0 aliphatic heterocycles. The minimum atomic E-state index is 0.756. The lowest BCUT2D eigenvalue weighted by atomic mass is 10.2. The van der Waals surface area contributed by atoms with Crippen LogP contribution in [0.4, 0.5) is 0 Å². The molecule has 0 atom stereocenters. The lowest BCUT2D eigenvalue weighted by Gasteiger charge is -2.03. The van der Waals surface area contributed by atoms with Crippen molar-refractivity contribution >= 4 is 28.3 Å².